The van der Waals surface area contributed by atoms with Crippen LogP contribution in [0.25, 0.3) is 0 Å². The first-order chi connectivity index (χ1) is 17.2. The molecule has 12 heteroatoms. The Balaban J connectivity index is 1.49. The quantitative estimate of drug-likeness (QED) is 0.438. The topological polar surface area (TPSA) is 152 Å². The average molecular weight is 498 g/mol. The number of benzene rings is 2. The minimum absolute atomic E-state index is 0.100. The van der Waals surface area contributed by atoms with Crippen LogP contribution in [0.1, 0.15) is 23.7 Å². The zero-order chi connectivity index (χ0) is 26.2. The molecule has 0 unspecified atom stereocenters. The van der Waals surface area contributed by atoms with Gasteiger partial charge in [-0.3, -0.25) is 34.4 Å². The minimum atomic E-state index is -0.845. The molecule has 1 saturated heterocycles. The van der Waals surface area contributed by atoms with E-state index in [1.807, 2.05) is 0 Å². The molecule has 0 aromatic heterocycles. The summed E-state index contributed by atoms with van der Waals surface area (Å²) in [5.41, 5.74) is 3.69. The van der Waals surface area contributed by atoms with Gasteiger partial charge in [0.1, 0.15) is 11.5 Å². The Kier molecular flexibility index (Phi) is 8.44. The van der Waals surface area contributed by atoms with Crippen LogP contribution in [0.4, 0.5) is 11.4 Å². The van der Waals surface area contributed by atoms with Crippen LogP contribution < -0.4 is 25.5 Å². The van der Waals surface area contributed by atoms with Gasteiger partial charge in [-0.2, -0.15) is 0 Å². The van der Waals surface area contributed by atoms with E-state index < -0.39 is 36.2 Å². The Hall–Kier alpha value is -4.61. The van der Waals surface area contributed by atoms with Crippen molar-refractivity contribution >= 4 is 41.0 Å². The van der Waals surface area contributed by atoms with Crippen LogP contribution in [0.5, 0.6) is 11.5 Å². The van der Waals surface area contributed by atoms with Crippen molar-refractivity contribution in [3.8, 4) is 11.5 Å². The highest BCUT2D eigenvalue weighted by Crippen LogP contribution is 2.23. The van der Waals surface area contributed by atoms with Gasteiger partial charge in [0.05, 0.1) is 26.7 Å². The Morgan fingerprint density at radius 1 is 0.944 bits per heavy atom. The molecule has 0 saturated carbocycles. The molecule has 0 aliphatic carbocycles. The van der Waals surface area contributed by atoms with Crippen molar-refractivity contribution < 1.29 is 38.2 Å². The third-order valence-electron chi connectivity index (χ3n) is 5.14. The molecular weight excluding hydrogens is 472 g/mol. The maximum absolute atomic E-state index is 12.6. The third kappa shape index (κ3) is 6.95. The van der Waals surface area contributed by atoms with E-state index in [4.69, 9.17) is 14.2 Å². The van der Waals surface area contributed by atoms with Crippen LogP contribution in [0.3, 0.4) is 0 Å². The molecule has 3 rings (SSSR count). The SMILES string of the molecule is COc1cc(OC)cc(C(=O)NN2C[C@H](C(=O)OCC(=O)Nc3ccc(NC(C)=O)cc3)CC2=O)c1. The zero-order valence-electron chi connectivity index (χ0n) is 20.0. The predicted molar refractivity (Wildman–Crippen MR) is 127 cm³/mol. The van der Waals surface area contributed by atoms with E-state index in [0.717, 1.165) is 5.01 Å². The molecule has 1 aliphatic rings. The lowest BCUT2D eigenvalue weighted by Gasteiger charge is -2.18. The molecule has 2 aromatic rings. The number of nitrogens with one attached hydrogen (secondary N) is 3. The fraction of sp³-hybridized carbons (Fsp3) is 0.292. The molecule has 4 amide bonds. The Morgan fingerprint density at radius 3 is 2.08 bits per heavy atom. The molecule has 0 bridgehead atoms. The van der Waals surface area contributed by atoms with Gasteiger partial charge in [-0.1, -0.05) is 0 Å². The lowest BCUT2D eigenvalue weighted by Crippen LogP contribution is -2.43. The largest absolute Gasteiger partial charge is 0.497 e. The molecule has 1 heterocycles. The third-order valence-corrected chi connectivity index (χ3v) is 5.14. The summed E-state index contributed by atoms with van der Waals surface area (Å²) >= 11 is 0. The van der Waals surface area contributed by atoms with Crippen LogP contribution in [0.2, 0.25) is 0 Å². The van der Waals surface area contributed by atoms with Gasteiger partial charge >= 0.3 is 5.97 Å². The standard InChI is InChI=1S/C24H26N4O8/c1-14(29)25-17-4-6-18(7-5-17)26-21(30)13-36-24(33)16-10-22(31)28(12-16)27-23(32)15-8-19(34-2)11-20(9-15)35-3/h4-9,11,16H,10,12-13H2,1-3H3,(H,25,29)(H,26,30)(H,27,32)/t16-/m1/s1. The van der Waals surface area contributed by atoms with Crippen LogP contribution in [0.15, 0.2) is 42.5 Å². The average Bonchev–Trinajstić information content (AvgIpc) is 3.23. The van der Waals surface area contributed by atoms with Crippen LogP contribution >= 0.6 is 0 Å². The monoisotopic (exact) mass is 498 g/mol. The summed E-state index contributed by atoms with van der Waals surface area (Å²) in [6.07, 6.45) is -0.174. The van der Waals surface area contributed by atoms with E-state index in [9.17, 15) is 24.0 Å². The Morgan fingerprint density at radius 2 is 1.53 bits per heavy atom. The number of methoxy groups -OCH3 is 2. The van der Waals surface area contributed by atoms with E-state index in [2.05, 4.69) is 16.1 Å². The first-order valence-electron chi connectivity index (χ1n) is 10.9. The van der Waals surface area contributed by atoms with Gasteiger partial charge in [0, 0.05) is 36.3 Å². The van der Waals surface area contributed by atoms with Crippen molar-refractivity contribution in [1.82, 2.24) is 10.4 Å². The second kappa shape index (κ2) is 11.7. The number of hydrazine groups is 1. The van der Waals surface area contributed by atoms with E-state index >= 15 is 0 Å². The number of anilines is 2. The number of hydrogen-bond donors (Lipinski definition) is 3. The summed E-state index contributed by atoms with van der Waals surface area (Å²) < 4.78 is 15.3. The van der Waals surface area contributed by atoms with Crippen molar-refractivity contribution in [2.45, 2.75) is 13.3 Å². The molecule has 36 heavy (non-hydrogen) atoms. The van der Waals surface area contributed by atoms with Crippen molar-refractivity contribution in [3.05, 3.63) is 48.0 Å². The van der Waals surface area contributed by atoms with Gasteiger partial charge in [0.2, 0.25) is 11.8 Å². The molecule has 1 aliphatic heterocycles. The number of carbonyl (C=O) groups excluding carboxylic acids is 5. The van der Waals surface area contributed by atoms with Crippen LogP contribution in [-0.4, -0.2) is 62.0 Å². The summed E-state index contributed by atoms with van der Waals surface area (Å²) in [4.78, 5) is 60.5. The highest BCUT2D eigenvalue weighted by Gasteiger charge is 2.36. The van der Waals surface area contributed by atoms with Crippen molar-refractivity contribution in [2.75, 3.05) is 38.0 Å². The van der Waals surface area contributed by atoms with Gasteiger partial charge in [-0.25, -0.2) is 0 Å². The lowest BCUT2D eigenvalue weighted by molar-refractivity contribution is -0.151. The number of rotatable bonds is 9. The van der Waals surface area contributed by atoms with E-state index in [-0.39, 0.29) is 24.4 Å². The first-order valence-corrected chi connectivity index (χ1v) is 10.9. The Labute approximate surface area is 206 Å². The molecular formula is C24H26N4O8. The van der Waals surface area contributed by atoms with E-state index in [1.54, 1.807) is 30.3 Å². The van der Waals surface area contributed by atoms with Crippen molar-refractivity contribution in [3.63, 3.8) is 0 Å². The molecule has 0 spiro atoms. The minimum Gasteiger partial charge on any atom is -0.497 e. The van der Waals surface area contributed by atoms with Gasteiger partial charge in [-0.05, 0) is 36.4 Å². The zero-order valence-corrected chi connectivity index (χ0v) is 20.0. The summed E-state index contributed by atoms with van der Waals surface area (Å²) in [5, 5.41) is 6.21. The molecule has 3 N–H and O–H groups in total. The number of ether oxygens (including phenoxy) is 3. The fourth-order valence-corrected chi connectivity index (χ4v) is 3.39. The van der Waals surface area contributed by atoms with Crippen LogP contribution in [0, 0.1) is 5.92 Å². The van der Waals surface area contributed by atoms with Gasteiger partial charge in [0.25, 0.3) is 11.8 Å². The maximum atomic E-state index is 12.6. The van der Waals surface area contributed by atoms with E-state index in [0.29, 0.717) is 22.9 Å². The second-order valence-corrected chi connectivity index (χ2v) is 7.86. The smallest absolute Gasteiger partial charge is 0.311 e. The van der Waals surface area contributed by atoms with Crippen LogP contribution in [-0.2, 0) is 23.9 Å². The lowest BCUT2D eigenvalue weighted by atomic mass is 10.1. The molecule has 1 fully saturated rings. The molecule has 12 nitrogen and oxygen atoms in total. The highest BCUT2D eigenvalue weighted by atomic mass is 16.5. The van der Waals surface area contributed by atoms with Crippen molar-refractivity contribution in [1.29, 1.82) is 0 Å². The first kappa shape index (κ1) is 26.0. The summed E-state index contributed by atoms with van der Waals surface area (Å²) in [6.45, 7) is 0.733. The van der Waals surface area contributed by atoms with Crippen molar-refractivity contribution in [2.24, 2.45) is 5.92 Å². The summed E-state index contributed by atoms with van der Waals surface area (Å²) in [5.74, 6) is -2.63. The second-order valence-electron chi connectivity index (χ2n) is 7.86. The maximum Gasteiger partial charge on any atom is 0.311 e. The predicted octanol–water partition coefficient (Wildman–Crippen LogP) is 1.34. The normalized spacial score (nSPS) is 14.6. The Bertz CT molecular complexity index is 1140. The van der Waals surface area contributed by atoms with E-state index in [1.165, 1.54) is 33.3 Å². The number of nitrogens with zero attached hydrogens (tertiary/aromatic N) is 1. The van der Waals surface area contributed by atoms with Gasteiger partial charge in [-0.15, -0.1) is 0 Å². The molecule has 190 valence electrons. The number of amides is 4. The number of esters is 1. The summed E-state index contributed by atoms with van der Waals surface area (Å²) in [7, 11) is 2.89. The number of hydrogen-bond acceptors (Lipinski definition) is 8. The molecule has 1 atom stereocenters. The fourth-order valence-electron chi connectivity index (χ4n) is 3.39. The van der Waals surface area contributed by atoms with Gasteiger partial charge < -0.3 is 24.8 Å². The van der Waals surface area contributed by atoms with Gasteiger partial charge in [0.15, 0.2) is 6.61 Å². The highest BCUT2D eigenvalue weighted by molar-refractivity contribution is 5.97. The number of carbonyl (C=O) groups is 5. The summed E-state index contributed by atoms with van der Waals surface area (Å²) in [6, 6.07) is 10.9. The molecule has 2 aromatic carbocycles. The molecule has 0 radical (unpaired) electrons.